The summed E-state index contributed by atoms with van der Waals surface area (Å²) in [6, 6.07) is 18.1. The fraction of sp³-hybridized carbons (Fsp3) is 0.200. The molecule has 0 saturated carbocycles. The molecule has 27 heavy (non-hydrogen) atoms. The van der Waals surface area contributed by atoms with E-state index in [1.807, 2.05) is 67.6 Å². The second kappa shape index (κ2) is 6.68. The average Bonchev–Trinajstić information content (AvgIpc) is 3.28. The predicted molar refractivity (Wildman–Crippen MR) is 97.2 cm³/mol. The summed E-state index contributed by atoms with van der Waals surface area (Å²) in [4.78, 5) is 26.7. The summed E-state index contributed by atoms with van der Waals surface area (Å²) in [5.74, 6) is 0.237. The van der Waals surface area contributed by atoms with Gasteiger partial charge in [0, 0.05) is 5.56 Å². The summed E-state index contributed by atoms with van der Waals surface area (Å²) in [5, 5.41) is 10.8. The van der Waals surface area contributed by atoms with Gasteiger partial charge >= 0.3 is 6.03 Å². The molecule has 7 heteroatoms. The number of nitrogens with zero attached hydrogens (tertiary/aromatic N) is 3. The quantitative estimate of drug-likeness (QED) is 0.705. The number of carbonyl (C=O) groups is 2. The molecule has 0 aliphatic carbocycles. The smallest absolute Gasteiger partial charge is 0.325 e. The molecule has 2 heterocycles. The van der Waals surface area contributed by atoms with E-state index >= 15 is 0 Å². The second-order valence-electron chi connectivity index (χ2n) is 6.31. The Morgan fingerprint density at radius 3 is 2.33 bits per heavy atom. The summed E-state index contributed by atoms with van der Waals surface area (Å²) in [6.45, 7) is 1.80. The molecule has 136 valence electrons. The Kier molecular flexibility index (Phi) is 4.19. The Morgan fingerprint density at radius 1 is 1.00 bits per heavy atom. The number of hydrogen-bond acceptors (Lipinski definition) is 5. The molecule has 2 aromatic carbocycles. The van der Waals surface area contributed by atoms with E-state index in [-0.39, 0.29) is 18.3 Å². The molecular weight excluding hydrogens is 344 g/mol. The van der Waals surface area contributed by atoms with Crippen LogP contribution in [0.25, 0.3) is 11.5 Å². The molecule has 1 fully saturated rings. The molecular formula is C20H18N4O3. The molecule has 1 aromatic heterocycles. The van der Waals surface area contributed by atoms with Gasteiger partial charge in [-0.25, -0.2) is 4.79 Å². The van der Waals surface area contributed by atoms with Gasteiger partial charge in [-0.3, -0.25) is 9.69 Å². The van der Waals surface area contributed by atoms with Crippen LogP contribution in [0.1, 0.15) is 24.8 Å². The maximum Gasteiger partial charge on any atom is 0.325 e. The van der Waals surface area contributed by atoms with Crippen LogP contribution >= 0.6 is 0 Å². The highest BCUT2D eigenvalue weighted by Gasteiger charge is 2.51. The van der Waals surface area contributed by atoms with Gasteiger partial charge in [0.05, 0.1) is 0 Å². The summed E-state index contributed by atoms with van der Waals surface area (Å²) in [5.41, 5.74) is 0.463. The standard InChI is InChI=1S/C20H18N4O3/c1-2-20(15-11-7-4-8-12-15)18(25)24(19(26)21-20)13-16-22-23-17(27-16)14-9-5-3-6-10-14/h3-12H,2,13H2,1H3,(H,21,26)/t20-/m0/s1. The fourth-order valence-corrected chi connectivity index (χ4v) is 3.28. The van der Waals surface area contributed by atoms with Crippen LogP contribution in [0, 0.1) is 0 Å². The van der Waals surface area contributed by atoms with Gasteiger partial charge in [-0.15, -0.1) is 10.2 Å². The van der Waals surface area contributed by atoms with Crippen molar-refractivity contribution in [2.75, 3.05) is 0 Å². The van der Waals surface area contributed by atoms with Crippen molar-refractivity contribution in [1.29, 1.82) is 0 Å². The van der Waals surface area contributed by atoms with Gasteiger partial charge in [0.25, 0.3) is 5.91 Å². The number of amides is 3. The molecule has 0 radical (unpaired) electrons. The fourth-order valence-electron chi connectivity index (χ4n) is 3.28. The predicted octanol–water partition coefficient (Wildman–Crippen LogP) is 3.09. The molecule has 1 aliphatic heterocycles. The Bertz CT molecular complexity index is 971. The molecule has 1 N–H and O–H groups in total. The lowest BCUT2D eigenvalue weighted by atomic mass is 9.87. The minimum Gasteiger partial charge on any atom is -0.419 e. The van der Waals surface area contributed by atoms with Crippen LogP contribution < -0.4 is 5.32 Å². The van der Waals surface area contributed by atoms with Gasteiger partial charge in [0.15, 0.2) is 0 Å². The third-order valence-corrected chi connectivity index (χ3v) is 4.75. The normalized spacial score (nSPS) is 19.4. The van der Waals surface area contributed by atoms with Crippen LogP contribution in [0.15, 0.2) is 65.1 Å². The van der Waals surface area contributed by atoms with E-state index in [4.69, 9.17) is 4.42 Å². The van der Waals surface area contributed by atoms with Gasteiger partial charge in [-0.1, -0.05) is 55.5 Å². The lowest BCUT2D eigenvalue weighted by Crippen LogP contribution is -2.43. The van der Waals surface area contributed by atoms with Crippen molar-refractivity contribution in [3.05, 3.63) is 72.1 Å². The van der Waals surface area contributed by atoms with Gasteiger partial charge < -0.3 is 9.73 Å². The van der Waals surface area contributed by atoms with Crippen molar-refractivity contribution >= 4 is 11.9 Å². The first kappa shape index (κ1) is 17.0. The highest BCUT2D eigenvalue weighted by Crippen LogP contribution is 2.33. The van der Waals surface area contributed by atoms with E-state index in [0.717, 1.165) is 16.0 Å². The highest BCUT2D eigenvalue weighted by atomic mass is 16.4. The zero-order valence-corrected chi connectivity index (χ0v) is 14.8. The SMILES string of the molecule is CC[C@@]1(c2ccccc2)NC(=O)N(Cc2nnc(-c3ccccc3)o2)C1=O. The first-order valence-electron chi connectivity index (χ1n) is 8.71. The number of carbonyl (C=O) groups excluding carboxylic acids is 2. The van der Waals surface area contributed by atoms with Crippen LogP contribution in [0.3, 0.4) is 0 Å². The first-order chi connectivity index (χ1) is 13.1. The highest BCUT2D eigenvalue weighted by molar-refractivity contribution is 6.07. The largest absolute Gasteiger partial charge is 0.419 e. The lowest BCUT2D eigenvalue weighted by Gasteiger charge is -2.25. The molecule has 3 amide bonds. The van der Waals surface area contributed by atoms with E-state index in [0.29, 0.717) is 12.3 Å². The monoisotopic (exact) mass is 362 g/mol. The number of urea groups is 1. The topological polar surface area (TPSA) is 88.3 Å². The number of nitrogens with one attached hydrogen (secondary N) is 1. The van der Waals surface area contributed by atoms with Gasteiger partial charge in [0.1, 0.15) is 12.1 Å². The molecule has 0 spiro atoms. The van der Waals surface area contributed by atoms with E-state index in [1.165, 1.54) is 0 Å². The molecule has 4 rings (SSSR count). The van der Waals surface area contributed by atoms with E-state index in [9.17, 15) is 9.59 Å². The van der Waals surface area contributed by atoms with E-state index < -0.39 is 11.6 Å². The average molecular weight is 362 g/mol. The van der Waals surface area contributed by atoms with Crippen LogP contribution in [0.4, 0.5) is 4.79 Å². The Morgan fingerprint density at radius 2 is 1.67 bits per heavy atom. The Hall–Kier alpha value is -3.48. The molecule has 3 aromatic rings. The van der Waals surface area contributed by atoms with Crippen molar-refractivity contribution < 1.29 is 14.0 Å². The van der Waals surface area contributed by atoms with Crippen molar-refractivity contribution in [2.45, 2.75) is 25.4 Å². The minimum absolute atomic E-state index is 0.0704. The second-order valence-corrected chi connectivity index (χ2v) is 6.31. The van der Waals surface area contributed by atoms with Crippen molar-refractivity contribution in [1.82, 2.24) is 20.4 Å². The Labute approximate surface area is 156 Å². The summed E-state index contributed by atoms with van der Waals surface area (Å²) in [6.07, 6.45) is 0.442. The van der Waals surface area contributed by atoms with Crippen LogP contribution in [0.2, 0.25) is 0 Å². The van der Waals surface area contributed by atoms with Crippen LogP contribution in [-0.4, -0.2) is 27.0 Å². The van der Waals surface area contributed by atoms with Crippen molar-refractivity contribution in [3.8, 4) is 11.5 Å². The van der Waals surface area contributed by atoms with Crippen molar-refractivity contribution in [2.24, 2.45) is 0 Å². The number of aromatic nitrogens is 2. The molecule has 1 aliphatic rings. The zero-order chi connectivity index (χ0) is 18.9. The molecule has 1 atom stereocenters. The van der Waals surface area contributed by atoms with Crippen molar-refractivity contribution in [3.63, 3.8) is 0 Å². The maximum absolute atomic E-state index is 13.1. The van der Waals surface area contributed by atoms with Crippen LogP contribution in [-0.2, 0) is 16.9 Å². The molecule has 7 nitrogen and oxygen atoms in total. The number of rotatable bonds is 5. The molecule has 0 bridgehead atoms. The first-order valence-corrected chi connectivity index (χ1v) is 8.71. The number of hydrogen-bond donors (Lipinski definition) is 1. The number of benzene rings is 2. The van der Waals surface area contributed by atoms with Gasteiger partial charge in [-0.05, 0) is 24.1 Å². The summed E-state index contributed by atoms with van der Waals surface area (Å²) >= 11 is 0. The third-order valence-electron chi connectivity index (χ3n) is 4.75. The summed E-state index contributed by atoms with van der Waals surface area (Å²) in [7, 11) is 0. The minimum atomic E-state index is -1.07. The van der Waals surface area contributed by atoms with Gasteiger partial charge in [-0.2, -0.15) is 0 Å². The third kappa shape index (κ3) is 2.87. The van der Waals surface area contributed by atoms with E-state index in [1.54, 1.807) is 0 Å². The van der Waals surface area contributed by atoms with E-state index in [2.05, 4.69) is 15.5 Å². The zero-order valence-electron chi connectivity index (χ0n) is 14.8. The summed E-state index contributed by atoms with van der Waals surface area (Å²) < 4.78 is 5.64. The van der Waals surface area contributed by atoms with Gasteiger partial charge in [0.2, 0.25) is 11.8 Å². The number of imide groups is 1. The molecule has 1 saturated heterocycles. The molecule has 0 unspecified atom stereocenters. The maximum atomic E-state index is 13.1. The lowest BCUT2D eigenvalue weighted by molar-refractivity contribution is -0.132. The van der Waals surface area contributed by atoms with Crippen LogP contribution in [0.5, 0.6) is 0 Å². The Balaban J connectivity index is 1.59.